The van der Waals surface area contributed by atoms with Crippen molar-refractivity contribution in [3.8, 4) is 0 Å². The Kier molecular flexibility index (Phi) is 4.32. The van der Waals surface area contributed by atoms with Gasteiger partial charge in [0.05, 0.1) is 0 Å². The summed E-state index contributed by atoms with van der Waals surface area (Å²) in [5, 5.41) is 6.76. The van der Waals surface area contributed by atoms with Gasteiger partial charge >= 0.3 is 0 Å². The molecule has 88 valence electrons. The van der Waals surface area contributed by atoms with Crippen LogP contribution in [0.5, 0.6) is 0 Å². The zero-order chi connectivity index (χ0) is 11.4. The summed E-state index contributed by atoms with van der Waals surface area (Å²) in [6.07, 6.45) is 2.65. The maximum absolute atomic E-state index is 12.8. The van der Waals surface area contributed by atoms with E-state index < -0.39 is 0 Å². The Bertz CT molecular complexity index is 353. The van der Waals surface area contributed by atoms with E-state index in [2.05, 4.69) is 26.6 Å². The number of hydrogen-bond donors (Lipinski definition) is 2. The van der Waals surface area contributed by atoms with Gasteiger partial charge < -0.3 is 10.6 Å². The molecule has 1 aliphatic rings. The second-order valence-corrected chi connectivity index (χ2v) is 5.00. The van der Waals surface area contributed by atoms with Crippen LogP contribution >= 0.6 is 15.9 Å². The Morgan fingerprint density at radius 2 is 2.12 bits per heavy atom. The van der Waals surface area contributed by atoms with E-state index >= 15 is 0 Å². The molecule has 1 fully saturated rings. The fraction of sp³-hybridized carbons (Fsp3) is 0.500. The van der Waals surface area contributed by atoms with Gasteiger partial charge in [0.1, 0.15) is 5.82 Å². The average molecular weight is 287 g/mol. The third-order valence-corrected chi connectivity index (χ3v) is 3.38. The van der Waals surface area contributed by atoms with Gasteiger partial charge in [0.25, 0.3) is 0 Å². The van der Waals surface area contributed by atoms with E-state index in [1.54, 1.807) is 6.07 Å². The molecule has 1 aromatic rings. The first-order chi connectivity index (χ1) is 7.75. The molecule has 0 atom stereocenters. The topological polar surface area (TPSA) is 24.1 Å². The molecule has 0 bridgehead atoms. The quantitative estimate of drug-likeness (QED) is 0.785. The molecule has 2 N–H and O–H groups in total. The van der Waals surface area contributed by atoms with Crippen LogP contribution in [-0.4, -0.2) is 19.1 Å². The molecule has 1 aromatic carbocycles. The van der Waals surface area contributed by atoms with Crippen LogP contribution in [0, 0.1) is 5.82 Å². The minimum absolute atomic E-state index is 0.203. The summed E-state index contributed by atoms with van der Waals surface area (Å²) in [5.41, 5.74) is 1.09. The monoisotopic (exact) mass is 286 g/mol. The van der Waals surface area contributed by atoms with Gasteiger partial charge in [-0.25, -0.2) is 4.39 Å². The van der Waals surface area contributed by atoms with Crippen molar-refractivity contribution in [3.05, 3.63) is 34.1 Å². The largest absolute Gasteiger partial charge is 0.313 e. The van der Waals surface area contributed by atoms with Crippen molar-refractivity contribution in [3.63, 3.8) is 0 Å². The lowest BCUT2D eigenvalue weighted by Gasteiger charge is -2.07. The summed E-state index contributed by atoms with van der Waals surface area (Å²) in [7, 11) is 0. The number of benzene rings is 1. The van der Waals surface area contributed by atoms with Gasteiger partial charge in [-0.15, -0.1) is 0 Å². The highest BCUT2D eigenvalue weighted by molar-refractivity contribution is 9.10. The summed E-state index contributed by atoms with van der Waals surface area (Å²) in [4.78, 5) is 0. The zero-order valence-electron chi connectivity index (χ0n) is 9.10. The molecule has 2 rings (SSSR count). The first kappa shape index (κ1) is 12.0. The van der Waals surface area contributed by atoms with Gasteiger partial charge in [-0.3, -0.25) is 0 Å². The first-order valence-electron chi connectivity index (χ1n) is 5.64. The van der Waals surface area contributed by atoms with Crippen molar-refractivity contribution in [2.24, 2.45) is 0 Å². The summed E-state index contributed by atoms with van der Waals surface area (Å²) in [6.45, 7) is 2.72. The maximum Gasteiger partial charge on any atom is 0.124 e. The Balaban J connectivity index is 1.67. The van der Waals surface area contributed by atoms with E-state index in [0.29, 0.717) is 0 Å². The normalized spacial score (nSPS) is 15.4. The van der Waals surface area contributed by atoms with Crippen molar-refractivity contribution < 1.29 is 4.39 Å². The van der Waals surface area contributed by atoms with Crippen LogP contribution in [0.25, 0.3) is 0 Å². The lowest BCUT2D eigenvalue weighted by Crippen LogP contribution is -2.28. The van der Waals surface area contributed by atoms with Crippen molar-refractivity contribution >= 4 is 15.9 Å². The minimum Gasteiger partial charge on any atom is -0.313 e. The first-order valence-corrected chi connectivity index (χ1v) is 6.43. The minimum atomic E-state index is -0.203. The molecule has 0 radical (unpaired) electrons. The zero-order valence-corrected chi connectivity index (χ0v) is 10.7. The van der Waals surface area contributed by atoms with Crippen molar-refractivity contribution in [1.29, 1.82) is 0 Å². The van der Waals surface area contributed by atoms with Crippen molar-refractivity contribution in [2.75, 3.05) is 13.1 Å². The molecule has 1 saturated carbocycles. The molecule has 2 nitrogen and oxygen atoms in total. The van der Waals surface area contributed by atoms with Crippen LogP contribution in [-0.2, 0) is 6.54 Å². The molecule has 1 aliphatic carbocycles. The van der Waals surface area contributed by atoms with Gasteiger partial charge in [0.15, 0.2) is 0 Å². The molecule has 0 aliphatic heterocycles. The van der Waals surface area contributed by atoms with E-state index in [9.17, 15) is 4.39 Å². The van der Waals surface area contributed by atoms with E-state index in [-0.39, 0.29) is 5.82 Å². The van der Waals surface area contributed by atoms with Crippen LogP contribution in [0.2, 0.25) is 0 Å². The Hall–Kier alpha value is -0.450. The van der Waals surface area contributed by atoms with E-state index in [1.807, 2.05) is 0 Å². The number of hydrogen-bond acceptors (Lipinski definition) is 2. The second-order valence-electron chi connectivity index (χ2n) is 4.14. The molecular formula is C12H16BrFN2. The number of nitrogens with one attached hydrogen (secondary N) is 2. The maximum atomic E-state index is 12.8. The van der Waals surface area contributed by atoms with Crippen LogP contribution < -0.4 is 10.6 Å². The van der Waals surface area contributed by atoms with Crippen molar-refractivity contribution in [1.82, 2.24) is 10.6 Å². The SMILES string of the molecule is Fc1ccc(CNCCNC2CC2)c(Br)c1. The van der Waals surface area contributed by atoms with Crippen LogP contribution in [0.3, 0.4) is 0 Å². The van der Waals surface area contributed by atoms with Crippen LogP contribution in [0.1, 0.15) is 18.4 Å². The summed E-state index contributed by atoms with van der Waals surface area (Å²) in [5.74, 6) is -0.203. The smallest absolute Gasteiger partial charge is 0.124 e. The summed E-state index contributed by atoms with van der Waals surface area (Å²) < 4.78 is 13.7. The van der Waals surface area contributed by atoms with E-state index in [4.69, 9.17) is 0 Å². The fourth-order valence-corrected chi connectivity index (χ4v) is 2.03. The predicted octanol–water partition coefficient (Wildman–Crippen LogP) is 2.43. The third kappa shape index (κ3) is 3.85. The van der Waals surface area contributed by atoms with E-state index in [1.165, 1.54) is 25.0 Å². The highest BCUT2D eigenvalue weighted by Crippen LogP contribution is 2.18. The summed E-state index contributed by atoms with van der Waals surface area (Å²) >= 11 is 3.35. The molecule has 0 amide bonds. The summed E-state index contributed by atoms with van der Waals surface area (Å²) in [6, 6.07) is 5.56. The Morgan fingerprint density at radius 3 is 2.81 bits per heavy atom. The molecule has 0 unspecified atom stereocenters. The molecule has 0 saturated heterocycles. The highest BCUT2D eigenvalue weighted by Gasteiger charge is 2.19. The van der Waals surface area contributed by atoms with Gasteiger partial charge in [-0.1, -0.05) is 22.0 Å². The van der Waals surface area contributed by atoms with E-state index in [0.717, 1.165) is 35.7 Å². The lowest BCUT2D eigenvalue weighted by atomic mass is 10.2. The van der Waals surface area contributed by atoms with Gasteiger partial charge in [0, 0.05) is 30.1 Å². The van der Waals surface area contributed by atoms with Gasteiger partial charge in [0.2, 0.25) is 0 Å². The Labute approximate surface area is 104 Å². The molecule has 4 heteroatoms. The molecule has 0 aromatic heterocycles. The molecule has 0 heterocycles. The second kappa shape index (κ2) is 5.75. The van der Waals surface area contributed by atoms with Gasteiger partial charge in [-0.05, 0) is 30.5 Å². The lowest BCUT2D eigenvalue weighted by molar-refractivity contribution is 0.604. The van der Waals surface area contributed by atoms with Crippen LogP contribution in [0.15, 0.2) is 22.7 Å². The standard InChI is InChI=1S/C12H16BrFN2/c13-12-7-10(14)2-1-9(12)8-15-5-6-16-11-3-4-11/h1-2,7,11,15-16H,3-6,8H2. The third-order valence-electron chi connectivity index (χ3n) is 2.64. The predicted molar refractivity (Wildman–Crippen MR) is 66.8 cm³/mol. The van der Waals surface area contributed by atoms with Gasteiger partial charge in [-0.2, -0.15) is 0 Å². The number of halogens is 2. The van der Waals surface area contributed by atoms with Crippen molar-refractivity contribution in [2.45, 2.75) is 25.4 Å². The molecule has 0 spiro atoms. The highest BCUT2D eigenvalue weighted by atomic mass is 79.9. The van der Waals surface area contributed by atoms with Crippen LogP contribution in [0.4, 0.5) is 4.39 Å². The fourth-order valence-electron chi connectivity index (χ4n) is 1.54. The molecule has 16 heavy (non-hydrogen) atoms. The Morgan fingerprint density at radius 1 is 1.31 bits per heavy atom. The number of rotatable bonds is 6. The average Bonchev–Trinajstić information content (AvgIpc) is 3.04. The molecular weight excluding hydrogens is 271 g/mol.